The zero-order valence-electron chi connectivity index (χ0n) is 15.4. The van der Waals surface area contributed by atoms with Gasteiger partial charge in [-0.15, -0.1) is 0 Å². The van der Waals surface area contributed by atoms with Crippen LogP contribution in [0.5, 0.6) is 0 Å². The highest BCUT2D eigenvalue weighted by Gasteiger charge is 2.34. The molecule has 2 heterocycles. The van der Waals surface area contributed by atoms with Crippen molar-refractivity contribution >= 4 is 22.9 Å². The van der Waals surface area contributed by atoms with Crippen LogP contribution in [-0.4, -0.2) is 53.0 Å². The van der Waals surface area contributed by atoms with Crippen LogP contribution in [0.1, 0.15) is 24.8 Å². The molecule has 0 unspecified atom stereocenters. The number of oxazole rings is 1. The molecule has 2 amide bonds. The fraction of sp³-hybridized carbons (Fsp3) is 0.526. The molecule has 0 spiro atoms. The summed E-state index contributed by atoms with van der Waals surface area (Å²) in [6.45, 7) is 3.78. The maximum atomic E-state index is 12.8. The lowest BCUT2D eigenvalue weighted by molar-refractivity contribution is -0.141. The quantitative estimate of drug-likeness (QED) is 0.791. The number of hydrogen-bond acceptors (Lipinski definition) is 5. The average Bonchev–Trinajstić information content (AvgIpc) is 3.42. The van der Waals surface area contributed by atoms with Crippen LogP contribution in [0, 0.1) is 6.92 Å². The molecule has 1 aliphatic heterocycles. The third kappa shape index (κ3) is 3.75. The summed E-state index contributed by atoms with van der Waals surface area (Å²) in [6, 6.07) is 5.28. The van der Waals surface area contributed by atoms with Crippen LogP contribution in [0.15, 0.2) is 27.4 Å². The average molecular weight is 372 g/mol. The standard InChI is InChI=1S/C19H24N4O4/c1-12-2-5-16-14(10-12)23(19(26)27-16)8-6-17(24)22-9-7-20-11-15(22)18(25)21-13-3-4-13/h2,5,10,13,15,20H,3-4,6-9,11H2,1H3,(H,21,25)/t15-/m1/s1. The van der Waals surface area contributed by atoms with E-state index >= 15 is 0 Å². The summed E-state index contributed by atoms with van der Waals surface area (Å²) < 4.78 is 6.74. The minimum Gasteiger partial charge on any atom is -0.408 e. The summed E-state index contributed by atoms with van der Waals surface area (Å²) >= 11 is 0. The summed E-state index contributed by atoms with van der Waals surface area (Å²) in [5.74, 6) is -0.687. The van der Waals surface area contributed by atoms with Crippen molar-refractivity contribution in [2.24, 2.45) is 0 Å². The summed E-state index contributed by atoms with van der Waals surface area (Å²) in [4.78, 5) is 39.0. The van der Waals surface area contributed by atoms with E-state index in [1.165, 1.54) is 4.57 Å². The number of nitrogens with one attached hydrogen (secondary N) is 2. The number of amides is 2. The van der Waals surface area contributed by atoms with Gasteiger partial charge in [-0.3, -0.25) is 14.2 Å². The van der Waals surface area contributed by atoms with Gasteiger partial charge < -0.3 is 20.0 Å². The lowest BCUT2D eigenvalue weighted by Gasteiger charge is -2.35. The van der Waals surface area contributed by atoms with Crippen molar-refractivity contribution in [2.45, 2.75) is 44.8 Å². The van der Waals surface area contributed by atoms with Gasteiger partial charge in [-0.2, -0.15) is 0 Å². The van der Waals surface area contributed by atoms with Crippen molar-refractivity contribution in [1.82, 2.24) is 20.1 Å². The molecule has 8 nitrogen and oxygen atoms in total. The molecule has 1 aromatic carbocycles. The van der Waals surface area contributed by atoms with Crippen LogP contribution in [0.2, 0.25) is 0 Å². The molecule has 0 radical (unpaired) electrons. The molecule has 1 aromatic heterocycles. The van der Waals surface area contributed by atoms with Crippen molar-refractivity contribution in [3.63, 3.8) is 0 Å². The number of rotatable bonds is 5. The number of fused-ring (bicyclic) bond motifs is 1. The molecule has 1 saturated carbocycles. The first kappa shape index (κ1) is 17.8. The number of aromatic nitrogens is 1. The number of piperazine rings is 1. The number of aryl methyl sites for hydroxylation is 2. The molecular formula is C19H24N4O4. The lowest BCUT2D eigenvalue weighted by atomic mass is 10.1. The van der Waals surface area contributed by atoms with Gasteiger partial charge in [-0.1, -0.05) is 6.07 Å². The third-order valence-corrected chi connectivity index (χ3v) is 5.16. The van der Waals surface area contributed by atoms with E-state index in [1.807, 2.05) is 19.1 Å². The first-order valence-electron chi connectivity index (χ1n) is 9.43. The minimum atomic E-state index is -0.494. The predicted octanol–water partition coefficient (Wildman–Crippen LogP) is 0.372. The molecule has 2 aliphatic rings. The summed E-state index contributed by atoms with van der Waals surface area (Å²) in [5.41, 5.74) is 2.22. The Labute approximate surface area is 156 Å². The molecule has 144 valence electrons. The van der Waals surface area contributed by atoms with Gasteiger partial charge in [0.05, 0.1) is 5.52 Å². The number of benzene rings is 1. The van der Waals surface area contributed by atoms with E-state index in [9.17, 15) is 14.4 Å². The highest BCUT2D eigenvalue weighted by atomic mass is 16.4. The van der Waals surface area contributed by atoms with Crippen LogP contribution in [0.4, 0.5) is 0 Å². The van der Waals surface area contributed by atoms with Gasteiger partial charge in [-0.05, 0) is 37.5 Å². The Morgan fingerprint density at radius 1 is 1.33 bits per heavy atom. The van der Waals surface area contributed by atoms with Crippen molar-refractivity contribution in [2.75, 3.05) is 19.6 Å². The second-order valence-electron chi connectivity index (χ2n) is 7.33. The number of hydrogen-bond donors (Lipinski definition) is 2. The van der Waals surface area contributed by atoms with Gasteiger partial charge in [0.25, 0.3) is 0 Å². The SMILES string of the molecule is Cc1ccc2oc(=O)n(CCC(=O)N3CCNC[C@@H]3C(=O)NC3CC3)c2c1. The number of carbonyl (C=O) groups excluding carboxylic acids is 2. The fourth-order valence-electron chi connectivity index (χ4n) is 3.50. The summed E-state index contributed by atoms with van der Waals surface area (Å²) in [5, 5.41) is 6.15. The van der Waals surface area contributed by atoms with E-state index in [1.54, 1.807) is 11.0 Å². The predicted molar refractivity (Wildman–Crippen MR) is 99.4 cm³/mol. The largest absolute Gasteiger partial charge is 0.419 e. The Balaban J connectivity index is 1.46. The van der Waals surface area contributed by atoms with Crippen molar-refractivity contribution in [1.29, 1.82) is 0 Å². The molecule has 2 N–H and O–H groups in total. The van der Waals surface area contributed by atoms with Crippen LogP contribution in [0.25, 0.3) is 11.1 Å². The Hall–Kier alpha value is -2.61. The van der Waals surface area contributed by atoms with Gasteiger partial charge in [-0.25, -0.2) is 4.79 Å². The molecule has 1 saturated heterocycles. The molecule has 2 aromatic rings. The van der Waals surface area contributed by atoms with E-state index in [0.717, 1.165) is 18.4 Å². The highest BCUT2D eigenvalue weighted by Crippen LogP contribution is 2.20. The van der Waals surface area contributed by atoms with Crippen LogP contribution >= 0.6 is 0 Å². The van der Waals surface area contributed by atoms with E-state index in [0.29, 0.717) is 30.7 Å². The third-order valence-electron chi connectivity index (χ3n) is 5.16. The van der Waals surface area contributed by atoms with E-state index < -0.39 is 11.8 Å². The van der Waals surface area contributed by atoms with E-state index in [2.05, 4.69) is 10.6 Å². The molecule has 0 bridgehead atoms. The van der Waals surface area contributed by atoms with Gasteiger partial charge in [0.2, 0.25) is 11.8 Å². The van der Waals surface area contributed by atoms with Crippen molar-refractivity contribution in [3.8, 4) is 0 Å². The Kier molecular flexibility index (Phi) is 4.73. The zero-order chi connectivity index (χ0) is 19.0. The van der Waals surface area contributed by atoms with Gasteiger partial charge in [0.1, 0.15) is 6.04 Å². The fourth-order valence-corrected chi connectivity index (χ4v) is 3.50. The van der Waals surface area contributed by atoms with E-state index in [-0.39, 0.29) is 30.8 Å². The molecular weight excluding hydrogens is 348 g/mol. The molecule has 4 rings (SSSR count). The molecule has 1 atom stereocenters. The summed E-state index contributed by atoms with van der Waals surface area (Å²) in [6.07, 6.45) is 2.17. The summed E-state index contributed by atoms with van der Waals surface area (Å²) in [7, 11) is 0. The van der Waals surface area contributed by atoms with Gasteiger partial charge in [0.15, 0.2) is 5.58 Å². The monoisotopic (exact) mass is 372 g/mol. The molecule has 8 heteroatoms. The Morgan fingerprint density at radius 3 is 2.93 bits per heavy atom. The molecule has 1 aliphatic carbocycles. The maximum Gasteiger partial charge on any atom is 0.419 e. The first-order chi connectivity index (χ1) is 13.0. The second-order valence-corrected chi connectivity index (χ2v) is 7.33. The molecule has 27 heavy (non-hydrogen) atoms. The van der Waals surface area contributed by atoms with Crippen LogP contribution in [0.3, 0.4) is 0 Å². The normalized spacial score (nSPS) is 20.0. The van der Waals surface area contributed by atoms with Crippen molar-refractivity contribution < 1.29 is 14.0 Å². The topological polar surface area (TPSA) is 96.6 Å². The first-order valence-corrected chi connectivity index (χ1v) is 9.43. The smallest absolute Gasteiger partial charge is 0.408 e. The van der Waals surface area contributed by atoms with E-state index in [4.69, 9.17) is 4.42 Å². The Morgan fingerprint density at radius 2 is 2.15 bits per heavy atom. The van der Waals surface area contributed by atoms with Crippen LogP contribution in [-0.2, 0) is 16.1 Å². The van der Waals surface area contributed by atoms with Crippen LogP contribution < -0.4 is 16.4 Å². The number of carbonyl (C=O) groups is 2. The van der Waals surface area contributed by atoms with Crippen molar-refractivity contribution in [3.05, 3.63) is 34.3 Å². The van der Waals surface area contributed by atoms with Gasteiger partial charge in [0, 0.05) is 38.6 Å². The van der Waals surface area contributed by atoms with Gasteiger partial charge >= 0.3 is 5.76 Å². The Bertz CT molecular complexity index is 927. The zero-order valence-corrected chi connectivity index (χ0v) is 15.4. The highest BCUT2D eigenvalue weighted by molar-refractivity contribution is 5.88. The number of nitrogens with zero attached hydrogens (tertiary/aromatic N) is 2. The maximum absolute atomic E-state index is 12.8. The minimum absolute atomic E-state index is 0.0976. The second kappa shape index (κ2) is 7.19. The molecule has 2 fully saturated rings. The lowest BCUT2D eigenvalue weighted by Crippen LogP contribution is -2.59.